The van der Waals surface area contributed by atoms with Crippen molar-refractivity contribution in [1.29, 1.82) is 0 Å². The molecule has 0 amide bonds. The van der Waals surface area contributed by atoms with E-state index in [0.29, 0.717) is 5.54 Å². The third kappa shape index (κ3) is 18.8. The highest BCUT2D eigenvalue weighted by Crippen LogP contribution is 2.13. The first-order chi connectivity index (χ1) is 7.56. The van der Waals surface area contributed by atoms with Crippen LogP contribution in [0.15, 0.2) is 0 Å². The van der Waals surface area contributed by atoms with E-state index in [4.69, 9.17) is 0 Å². The summed E-state index contributed by atoms with van der Waals surface area (Å²) in [6, 6.07) is 0. The van der Waals surface area contributed by atoms with Crippen LogP contribution in [0, 0.1) is 0 Å². The van der Waals surface area contributed by atoms with Crippen LogP contribution in [0.5, 0.6) is 0 Å². The summed E-state index contributed by atoms with van der Waals surface area (Å²) in [5, 5.41) is 0. The Balaban J connectivity index is 0. The van der Waals surface area contributed by atoms with Crippen LogP contribution in [-0.4, -0.2) is 5.54 Å². The molecule has 17 heavy (non-hydrogen) atoms. The van der Waals surface area contributed by atoms with Crippen molar-refractivity contribution in [2.24, 2.45) is 0 Å². The fourth-order valence-electron chi connectivity index (χ4n) is 2.09. The average Bonchev–Trinajstić information content (AvgIpc) is 2.19. The summed E-state index contributed by atoms with van der Waals surface area (Å²) in [6.45, 7) is 6.76. The molecule has 0 aliphatic rings. The summed E-state index contributed by atoms with van der Waals surface area (Å²) in [7, 11) is 0. The van der Waals surface area contributed by atoms with Crippen molar-refractivity contribution in [1.82, 2.24) is 0 Å². The summed E-state index contributed by atoms with van der Waals surface area (Å²) >= 11 is 0. The lowest BCUT2D eigenvalue weighted by Crippen LogP contribution is -3.00. The SMILES string of the molecule is CCCCCCCCCCCCC(C)(C)[NH3+].[Cl-]. The maximum absolute atomic E-state index is 4.15. The number of unbranched alkanes of at least 4 members (excludes halogenated alkanes) is 9. The van der Waals surface area contributed by atoms with E-state index in [-0.39, 0.29) is 12.4 Å². The third-order valence-corrected chi connectivity index (χ3v) is 3.21. The maximum atomic E-state index is 4.15. The van der Waals surface area contributed by atoms with E-state index < -0.39 is 0 Å². The molecule has 1 nitrogen and oxygen atoms in total. The number of quaternary nitrogens is 1. The van der Waals surface area contributed by atoms with E-state index in [2.05, 4.69) is 26.5 Å². The molecular formula is C15H34ClN. The van der Waals surface area contributed by atoms with Gasteiger partial charge in [0, 0.05) is 6.42 Å². The Kier molecular flexibility index (Phi) is 14.6. The van der Waals surface area contributed by atoms with Crippen LogP contribution >= 0.6 is 0 Å². The largest absolute Gasteiger partial charge is 1.00 e. The van der Waals surface area contributed by atoms with Crippen molar-refractivity contribution in [3.63, 3.8) is 0 Å². The monoisotopic (exact) mass is 263 g/mol. The van der Waals surface area contributed by atoms with Gasteiger partial charge < -0.3 is 18.1 Å². The van der Waals surface area contributed by atoms with Gasteiger partial charge >= 0.3 is 0 Å². The highest BCUT2D eigenvalue weighted by atomic mass is 35.5. The molecule has 106 valence electrons. The molecule has 0 rings (SSSR count). The molecule has 0 saturated carbocycles. The van der Waals surface area contributed by atoms with Gasteiger partial charge in [0.1, 0.15) is 0 Å². The molecule has 0 fully saturated rings. The normalized spacial score (nSPS) is 11.3. The Morgan fingerprint density at radius 2 is 1.06 bits per heavy atom. The molecule has 2 heteroatoms. The highest BCUT2D eigenvalue weighted by molar-refractivity contribution is 4.62. The molecule has 3 N–H and O–H groups in total. The van der Waals surface area contributed by atoms with E-state index in [1.165, 1.54) is 70.6 Å². The van der Waals surface area contributed by atoms with E-state index in [9.17, 15) is 0 Å². The minimum absolute atomic E-state index is 0. The fraction of sp³-hybridized carbons (Fsp3) is 1.00. The number of hydrogen-bond acceptors (Lipinski definition) is 0. The lowest BCUT2D eigenvalue weighted by molar-refractivity contribution is -0.467. The van der Waals surface area contributed by atoms with Crippen molar-refractivity contribution >= 4 is 0 Å². The minimum Gasteiger partial charge on any atom is -1.00 e. The summed E-state index contributed by atoms with van der Waals surface area (Å²) in [4.78, 5) is 0. The van der Waals surface area contributed by atoms with Gasteiger partial charge in [-0.1, -0.05) is 64.7 Å². The van der Waals surface area contributed by atoms with Crippen molar-refractivity contribution in [3.05, 3.63) is 0 Å². The van der Waals surface area contributed by atoms with Crippen LogP contribution in [0.4, 0.5) is 0 Å². The molecule has 0 spiro atoms. The van der Waals surface area contributed by atoms with Gasteiger partial charge in [0.15, 0.2) is 0 Å². The molecule has 0 saturated heterocycles. The lowest BCUT2D eigenvalue weighted by atomic mass is 9.97. The van der Waals surface area contributed by atoms with Gasteiger partial charge in [-0.3, -0.25) is 0 Å². The van der Waals surface area contributed by atoms with E-state index in [1.807, 2.05) is 0 Å². The zero-order chi connectivity index (χ0) is 12.3. The third-order valence-electron chi connectivity index (χ3n) is 3.21. The smallest absolute Gasteiger partial charge is 0.0889 e. The second kappa shape index (κ2) is 12.7. The standard InChI is InChI=1S/C15H33N.ClH/c1-4-5-6-7-8-9-10-11-12-13-14-15(2,3)16;/h4-14,16H2,1-3H3;1H. The lowest BCUT2D eigenvalue weighted by Gasteiger charge is -2.13. The molecule has 0 aromatic heterocycles. The fourth-order valence-corrected chi connectivity index (χ4v) is 2.09. The molecule has 0 atom stereocenters. The Hall–Kier alpha value is 0.250. The number of rotatable bonds is 11. The quantitative estimate of drug-likeness (QED) is 0.545. The summed E-state index contributed by atoms with van der Waals surface area (Å²) < 4.78 is 0. The van der Waals surface area contributed by atoms with Gasteiger partial charge in [0.25, 0.3) is 0 Å². The molecule has 0 aliphatic heterocycles. The van der Waals surface area contributed by atoms with Crippen molar-refractivity contribution in [3.8, 4) is 0 Å². The minimum atomic E-state index is 0. The van der Waals surface area contributed by atoms with Crippen LogP contribution in [-0.2, 0) is 0 Å². The molecule has 0 aliphatic carbocycles. The Labute approximate surface area is 115 Å². The van der Waals surface area contributed by atoms with Crippen LogP contribution in [0.3, 0.4) is 0 Å². The average molecular weight is 264 g/mol. The van der Waals surface area contributed by atoms with Gasteiger partial charge in [-0.2, -0.15) is 0 Å². The van der Waals surface area contributed by atoms with Crippen molar-refractivity contribution in [2.45, 2.75) is 96.9 Å². The van der Waals surface area contributed by atoms with Crippen LogP contribution in [0.1, 0.15) is 91.4 Å². The molecule has 0 heterocycles. The van der Waals surface area contributed by atoms with Gasteiger partial charge in [-0.05, 0) is 20.3 Å². The first-order valence-electron chi connectivity index (χ1n) is 7.41. The predicted octanol–water partition coefficient (Wildman–Crippen LogP) is 1.32. The topological polar surface area (TPSA) is 27.6 Å². The van der Waals surface area contributed by atoms with Crippen LogP contribution in [0.2, 0.25) is 0 Å². The summed E-state index contributed by atoms with van der Waals surface area (Å²) in [5.41, 5.74) is 4.44. The predicted molar refractivity (Wildman–Crippen MR) is 73.4 cm³/mol. The van der Waals surface area contributed by atoms with Gasteiger partial charge in [0.05, 0.1) is 5.54 Å². The first-order valence-corrected chi connectivity index (χ1v) is 7.41. The Morgan fingerprint density at radius 1 is 0.706 bits per heavy atom. The molecule has 0 radical (unpaired) electrons. The molecule has 0 unspecified atom stereocenters. The van der Waals surface area contributed by atoms with E-state index in [1.54, 1.807) is 0 Å². The van der Waals surface area contributed by atoms with Gasteiger partial charge in [-0.25, -0.2) is 0 Å². The zero-order valence-corrected chi connectivity index (χ0v) is 13.1. The van der Waals surface area contributed by atoms with Crippen LogP contribution < -0.4 is 18.1 Å². The second-order valence-corrected chi connectivity index (χ2v) is 6.10. The number of hydrogen-bond donors (Lipinski definition) is 1. The number of halogens is 1. The Bertz CT molecular complexity index is 140. The van der Waals surface area contributed by atoms with E-state index >= 15 is 0 Å². The van der Waals surface area contributed by atoms with E-state index in [0.717, 1.165) is 0 Å². The molecule has 0 aromatic carbocycles. The molecule has 0 bridgehead atoms. The second-order valence-electron chi connectivity index (χ2n) is 6.10. The molecule has 0 aromatic rings. The highest BCUT2D eigenvalue weighted by Gasteiger charge is 2.12. The Morgan fingerprint density at radius 3 is 1.41 bits per heavy atom. The summed E-state index contributed by atoms with van der Waals surface area (Å²) in [6.07, 6.45) is 15.6. The van der Waals surface area contributed by atoms with Crippen molar-refractivity contribution in [2.75, 3.05) is 0 Å². The van der Waals surface area contributed by atoms with Gasteiger partial charge in [-0.15, -0.1) is 0 Å². The van der Waals surface area contributed by atoms with Crippen molar-refractivity contribution < 1.29 is 18.1 Å². The molecular weight excluding hydrogens is 230 g/mol. The zero-order valence-electron chi connectivity index (χ0n) is 12.4. The van der Waals surface area contributed by atoms with Crippen LogP contribution in [0.25, 0.3) is 0 Å². The maximum Gasteiger partial charge on any atom is 0.0889 e. The summed E-state index contributed by atoms with van der Waals surface area (Å²) in [5.74, 6) is 0. The first kappa shape index (κ1) is 19.6. The van der Waals surface area contributed by atoms with Gasteiger partial charge in [0.2, 0.25) is 0 Å².